The van der Waals surface area contributed by atoms with Gasteiger partial charge in [0, 0.05) is 42.8 Å². The van der Waals surface area contributed by atoms with E-state index in [1.807, 2.05) is 91.0 Å². The Balaban J connectivity index is 1.28. The van der Waals surface area contributed by atoms with E-state index in [9.17, 15) is 14.7 Å². The van der Waals surface area contributed by atoms with Gasteiger partial charge in [-0.1, -0.05) is 79.7 Å². The van der Waals surface area contributed by atoms with Crippen molar-refractivity contribution in [2.45, 2.75) is 62.9 Å². The highest BCUT2D eigenvalue weighted by molar-refractivity contribution is 7.99. The molecule has 0 spiro atoms. The molecule has 1 saturated heterocycles. The summed E-state index contributed by atoms with van der Waals surface area (Å²) in [5.74, 6) is -0.251. The van der Waals surface area contributed by atoms with Gasteiger partial charge in [0.2, 0.25) is 5.91 Å². The minimum atomic E-state index is -0.898. The van der Waals surface area contributed by atoms with Gasteiger partial charge in [0.25, 0.3) is 0 Å². The van der Waals surface area contributed by atoms with Crippen molar-refractivity contribution in [2.75, 3.05) is 5.75 Å². The van der Waals surface area contributed by atoms with E-state index in [2.05, 4.69) is 17.2 Å². The molecule has 1 amide bonds. The predicted molar refractivity (Wildman–Crippen MR) is 173 cm³/mol. The first-order chi connectivity index (χ1) is 21.9. The number of ether oxygens (including phenoxy) is 2. The number of hydrogen-bond donors (Lipinski definition) is 3. The van der Waals surface area contributed by atoms with E-state index in [-0.39, 0.29) is 43.5 Å². The summed E-state index contributed by atoms with van der Waals surface area (Å²) in [5.41, 5.74) is 5.82. The molecular formula is C36H38N2O6S. The number of amides is 1. The fraction of sp³-hybridized carbons (Fsp3) is 0.306. The lowest BCUT2D eigenvalue weighted by Crippen LogP contribution is -2.38. The third-order valence-electron chi connectivity index (χ3n) is 7.88. The molecule has 3 aromatic carbocycles. The van der Waals surface area contributed by atoms with Crippen LogP contribution in [-0.4, -0.2) is 38.9 Å². The van der Waals surface area contributed by atoms with Crippen LogP contribution in [0.1, 0.15) is 60.8 Å². The molecule has 3 N–H and O–H groups in total. The van der Waals surface area contributed by atoms with Gasteiger partial charge in [-0.2, -0.15) is 0 Å². The number of nitrogens with one attached hydrogen (secondary N) is 1. The minimum absolute atomic E-state index is 0.00503. The number of carbonyl (C=O) groups excluding carboxylic acids is 1. The Morgan fingerprint density at radius 3 is 2.36 bits per heavy atom. The van der Waals surface area contributed by atoms with Crippen LogP contribution in [0.4, 0.5) is 0 Å². The molecule has 234 valence electrons. The highest BCUT2D eigenvalue weighted by Crippen LogP contribution is 2.43. The molecule has 0 radical (unpaired) electrons. The second-order valence-electron chi connectivity index (χ2n) is 11.1. The number of nitrogens with zero attached hydrogens (tertiary/aromatic N) is 1. The molecule has 4 atom stereocenters. The summed E-state index contributed by atoms with van der Waals surface area (Å²) in [7, 11) is 0. The maximum absolute atomic E-state index is 12.1. The van der Waals surface area contributed by atoms with Crippen molar-refractivity contribution >= 4 is 23.6 Å². The summed E-state index contributed by atoms with van der Waals surface area (Å²) in [6.07, 6.45) is 1.45. The van der Waals surface area contributed by atoms with Gasteiger partial charge >= 0.3 is 5.97 Å². The van der Waals surface area contributed by atoms with Crippen molar-refractivity contribution in [3.05, 3.63) is 119 Å². The van der Waals surface area contributed by atoms with Crippen LogP contribution in [0, 0.1) is 5.92 Å². The van der Waals surface area contributed by atoms with Crippen LogP contribution in [0.15, 0.2) is 102 Å². The minimum Gasteiger partial charge on any atom is -0.481 e. The Labute approximate surface area is 267 Å². The lowest BCUT2D eigenvalue weighted by Gasteiger charge is -2.41. The van der Waals surface area contributed by atoms with Gasteiger partial charge in [0.05, 0.1) is 23.8 Å². The maximum Gasteiger partial charge on any atom is 0.303 e. The molecule has 0 bridgehead atoms. The number of thioether (sulfide) groups is 1. The van der Waals surface area contributed by atoms with Crippen molar-refractivity contribution in [1.29, 1.82) is 0 Å². The van der Waals surface area contributed by atoms with Gasteiger partial charge in [0.15, 0.2) is 6.29 Å². The normalized spacial score (nSPS) is 19.6. The first kappa shape index (κ1) is 32.4. The summed E-state index contributed by atoms with van der Waals surface area (Å²) >= 11 is 1.67. The number of pyridine rings is 1. The first-order valence-corrected chi connectivity index (χ1v) is 16.1. The Hall–Kier alpha value is -4.02. The van der Waals surface area contributed by atoms with Gasteiger partial charge in [-0.3, -0.25) is 9.59 Å². The van der Waals surface area contributed by atoms with Crippen LogP contribution < -0.4 is 5.32 Å². The largest absolute Gasteiger partial charge is 0.481 e. The molecule has 45 heavy (non-hydrogen) atoms. The molecule has 2 heterocycles. The van der Waals surface area contributed by atoms with Gasteiger partial charge in [0.1, 0.15) is 0 Å². The van der Waals surface area contributed by atoms with Crippen LogP contribution in [0.3, 0.4) is 0 Å². The van der Waals surface area contributed by atoms with Gasteiger partial charge in [-0.15, -0.1) is 11.8 Å². The van der Waals surface area contributed by atoms with E-state index in [0.29, 0.717) is 13.0 Å². The summed E-state index contributed by atoms with van der Waals surface area (Å²) in [6, 6.07) is 29.9. The fourth-order valence-corrected chi connectivity index (χ4v) is 6.32. The van der Waals surface area contributed by atoms with Crippen molar-refractivity contribution in [2.24, 2.45) is 5.92 Å². The average molecular weight is 627 g/mol. The number of rotatable bonds is 13. The standard InChI is InChI=1S/C36H38N2O6S/c1-24-31(23-45-33-9-2-3-19-37-33)43-36(44-35(24)28-13-11-25(22-39)12-14-28)29-17-15-27(16-18-29)30-7-4-6-26(20-30)21-38-32(40)8-5-10-34(41)42/h2-4,6-7,9,11-20,24,31,35-36,39H,5,8,10,21-23H2,1H3,(H,38,40)(H,41,42)/t24-,31+,35+,36+/m0/s1. The number of aliphatic hydroxyl groups is 1. The number of benzene rings is 3. The Kier molecular flexibility index (Phi) is 11.4. The van der Waals surface area contributed by atoms with E-state index in [1.165, 1.54) is 0 Å². The number of aliphatic carboxylic acids is 1. The molecule has 1 fully saturated rings. The van der Waals surface area contributed by atoms with Crippen LogP contribution >= 0.6 is 11.8 Å². The van der Waals surface area contributed by atoms with E-state index in [0.717, 1.165) is 44.2 Å². The monoisotopic (exact) mass is 626 g/mol. The van der Waals surface area contributed by atoms with Crippen LogP contribution in [0.5, 0.6) is 0 Å². The van der Waals surface area contributed by atoms with Crippen LogP contribution in [-0.2, 0) is 32.2 Å². The van der Waals surface area contributed by atoms with Crippen molar-refractivity contribution < 1.29 is 29.3 Å². The SMILES string of the molecule is C[C@H]1[C@@H](CSc2ccccn2)O[C@@H](c2ccc(-c3cccc(CNC(=O)CCCC(=O)O)c3)cc2)O[C@H]1c1ccc(CO)cc1. The zero-order valence-corrected chi connectivity index (χ0v) is 26.0. The third-order valence-corrected chi connectivity index (χ3v) is 8.92. The summed E-state index contributed by atoms with van der Waals surface area (Å²) in [5, 5.41) is 22.1. The van der Waals surface area contributed by atoms with Gasteiger partial charge in [-0.25, -0.2) is 4.98 Å². The molecule has 8 nitrogen and oxygen atoms in total. The van der Waals surface area contributed by atoms with E-state index >= 15 is 0 Å². The fourth-order valence-electron chi connectivity index (χ4n) is 5.29. The number of carboxylic acid groups (broad SMARTS) is 1. The van der Waals surface area contributed by atoms with E-state index < -0.39 is 12.3 Å². The first-order valence-electron chi connectivity index (χ1n) is 15.1. The molecule has 0 aliphatic carbocycles. The smallest absolute Gasteiger partial charge is 0.303 e. The highest BCUT2D eigenvalue weighted by Gasteiger charge is 2.38. The van der Waals surface area contributed by atoms with Crippen LogP contribution in [0.2, 0.25) is 0 Å². The van der Waals surface area contributed by atoms with Gasteiger partial charge < -0.3 is 25.0 Å². The molecule has 5 rings (SSSR count). The molecule has 1 aliphatic heterocycles. The van der Waals surface area contributed by atoms with Crippen molar-refractivity contribution in [3.63, 3.8) is 0 Å². The lowest BCUT2D eigenvalue weighted by atomic mass is 9.91. The zero-order chi connectivity index (χ0) is 31.6. The predicted octanol–water partition coefficient (Wildman–Crippen LogP) is 6.70. The Morgan fingerprint density at radius 2 is 1.64 bits per heavy atom. The molecule has 1 aliphatic rings. The summed E-state index contributed by atoms with van der Waals surface area (Å²) < 4.78 is 13.2. The maximum atomic E-state index is 12.1. The second kappa shape index (κ2) is 15.8. The molecule has 1 aromatic heterocycles. The topological polar surface area (TPSA) is 118 Å². The highest BCUT2D eigenvalue weighted by atomic mass is 32.2. The lowest BCUT2D eigenvalue weighted by molar-refractivity contribution is -0.268. The van der Waals surface area contributed by atoms with E-state index in [1.54, 1.807) is 18.0 Å². The number of hydrogen-bond acceptors (Lipinski definition) is 7. The van der Waals surface area contributed by atoms with Crippen molar-refractivity contribution in [3.8, 4) is 11.1 Å². The van der Waals surface area contributed by atoms with Crippen LogP contribution in [0.25, 0.3) is 11.1 Å². The van der Waals surface area contributed by atoms with E-state index in [4.69, 9.17) is 14.6 Å². The summed E-state index contributed by atoms with van der Waals surface area (Å²) in [6.45, 7) is 2.52. The van der Waals surface area contributed by atoms with Crippen molar-refractivity contribution in [1.82, 2.24) is 10.3 Å². The number of aromatic nitrogens is 1. The second-order valence-corrected chi connectivity index (χ2v) is 12.2. The molecule has 0 saturated carbocycles. The average Bonchev–Trinajstić information content (AvgIpc) is 3.07. The third kappa shape index (κ3) is 9.02. The number of aliphatic hydroxyl groups excluding tert-OH is 1. The molecular weight excluding hydrogens is 588 g/mol. The number of carboxylic acids is 1. The molecule has 4 aromatic rings. The zero-order valence-electron chi connectivity index (χ0n) is 25.2. The quantitative estimate of drug-likeness (QED) is 0.141. The molecule has 0 unspecified atom stereocenters. The molecule has 9 heteroatoms. The summed E-state index contributed by atoms with van der Waals surface area (Å²) in [4.78, 5) is 27.2. The Morgan fingerprint density at radius 1 is 0.867 bits per heavy atom. The Bertz CT molecular complexity index is 1550. The van der Waals surface area contributed by atoms with Gasteiger partial charge in [-0.05, 0) is 52.4 Å². The number of carbonyl (C=O) groups is 2.